The van der Waals surface area contributed by atoms with Crippen molar-refractivity contribution in [2.45, 2.75) is 20.0 Å². The summed E-state index contributed by atoms with van der Waals surface area (Å²) in [5.74, 6) is 2.61. The molecule has 3 aromatic rings. The van der Waals surface area contributed by atoms with Crippen LogP contribution in [0.3, 0.4) is 0 Å². The van der Waals surface area contributed by atoms with Gasteiger partial charge in [0.25, 0.3) is 0 Å². The Morgan fingerprint density at radius 2 is 1.92 bits per heavy atom. The first-order valence-corrected chi connectivity index (χ1v) is 8.33. The van der Waals surface area contributed by atoms with Crippen molar-refractivity contribution in [1.29, 1.82) is 0 Å². The summed E-state index contributed by atoms with van der Waals surface area (Å²) in [6.07, 6.45) is 0. The molecule has 6 nitrogen and oxygen atoms in total. The Balaban J connectivity index is 1.67. The van der Waals surface area contributed by atoms with Crippen LogP contribution in [-0.4, -0.2) is 39.7 Å². The molecule has 0 aliphatic carbocycles. The molecule has 3 rings (SSSR count). The monoisotopic (exact) mass is 336 g/mol. The van der Waals surface area contributed by atoms with Gasteiger partial charge in [-0.1, -0.05) is 36.4 Å². The molecule has 0 radical (unpaired) electrons. The average molecular weight is 336 g/mol. The maximum atomic E-state index is 4.37. The van der Waals surface area contributed by atoms with Gasteiger partial charge in [0.2, 0.25) is 0 Å². The van der Waals surface area contributed by atoms with Crippen LogP contribution in [0.4, 0.5) is 0 Å². The van der Waals surface area contributed by atoms with Gasteiger partial charge in [0.05, 0.1) is 6.54 Å². The number of benzene rings is 2. The molecular formula is C19H24N6. The molecule has 0 saturated heterocycles. The molecule has 0 bridgehead atoms. The Kier molecular flexibility index (Phi) is 4.97. The van der Waals surface area contributed by atoms with Crippen LogP contribution in [0.15, 0.2) is 47.5 Å². The van der Waals surface area contributed by atoms with E-state index < -0.39 is 0 Å². The molecular weight excluding hydrogens is 312 g/mol. The number of aromatic nitrogens is 3. The maximum Gasteiger partial charge on any atom is 0.194 e. The summed E-state index contributed by atoms with van der Waals surface area (Å²) in [4.78, 5) is 6.48. The van der Waals surface area contributed by atoms with Gasteiger partial charge in [-0.2, -0.15) is 0 Å². The first kappa shape index (κ1) is 17.0. The quantitative estimate of drug-likeness (QED) is 0.587. The number of hydrogen-bond acceptors (Lipinski definition) is 3. The topological polar surface area (TPSA) is 58.3 Å². The zero-order chi connectivity index (χ0) is 17.8. The lowest BCUT2D eigenvalue weighted by atomic mass is 10.1. The van der Waals surface area contributed by atoms with Crippen LogP contribution in [0.1, 0.15) is 17.2 Å². The van der Waals surface area contributed by atoms with E-state index in [1.54, 1.807) is 7.05 Å². The number of fused-ring (bicyclic) bond motifs is 1. The third-order valence-electron chi connectivity index (χ3n) is 4.39. The molecule has 2 aromatic carbocycles. The summed E-state index contributed by atoms with van der Waals surface area (Å²) in [5, 5.41) is 14.1. The van der Waals surface area contributed by atoms with Gasteiger partial charge in [-0.25, -0.2) is 0 Å². The van der Waals surface area contributed by atoms with E-state index in [9.17, 15) is 0 Å². The fourth-order valence-corrected chi connectivity index (χ4v) is 2.83. The lowest BCUT2D eigenvalue weighted by Gasteiger charge is -2.22. The van der Waals surface area contributed by atoms with Crippen molar-refractivity contribution in [3.63, 3.8) is 0 Å². The molecule has 1 heterocycles. The SMILES string of the molecule is CN=C(NCc1nnc(C)n1C)N(C)Cc1ccc2ccccc2c1. The van der Waals surface area contributed by atoms with Crippen molar-refractivity contribution < 1.29 is 0 Å². The fourth-order valence-electron chi connectivity index (χ4n) is 2.83. The van der Waals surface area contributed by atoms with Crippen LogP contribution in [0.25, 0.3) is 10.8 Å². The van der Waals surface area contributed by atoms with Crippen LogP contribution in [0.2, 0.25) is 0 Å². The summed E-state index contributed by atoms with van der Waals surface area (Å²) >= 11 is 0. The minimum Gasteiger partial charge on any atom is -0.349 e. The molecule has 0 spiro atoms. The normalized spacial score (nSPS) is 11.8. The van der Waals surface area contributed by atoms with Crippen molar-refractivity contribution in [3.8, 4) is 0 Å². The van der Waals surface area contributed by atoms with Gasteiger partial charge in [0, 0.05) is 27.7 Å². The number of hydrogen-bond donors (Lipinski definition) is 1. The number of nitrogens with one attached hydrogen (secondary N) is 1. The molecule has 0 saturated carbocycles. The van der Waals surface area contributed by atoms with Crippen LogP contribution in [-0.2, 0) is 20.1 Å². The Morgan fingerprint density at radius 1 is 1.16 bits per heavy atom. The van der Waals surface area contributed by atoms with Gasteiger partial charge in [-0.15, -0.1) is 10.2 Å². The van der Waals surface area contributed by atoms with E-state index in [2.05, 4.69) is 67.9 Å². The minimum atomic E-state index is 0.589. The summed E-state index contributed by atoms with van der Waals surface area (Å²) < 4.78 is 1.98. The smallest absolute Gasteiger partial charge is 0.194 e. The molecule has 1 aromatic heterocycles. The van der Waals surface area contributed by atoms with E-state index >= 15 is 0 Å². The van der Waals surface area contributed by atoms with Crippen molar-refractivity contribution in [2.75, 3.05) is 14.1 Å². The zero-order valence-corrected chi connectivity index (χ0v) is 15.2. The molecule has 0 amide bonds. The summed E-state index contributed by atoms with van der Waals surface area (Å²) in [5.41, 5.74) is 1.25. The Labute approximate surface area is 148 Å². The van der Waals surface area contributed by atoms with Crippen molar-refractivity contribution in [3.05, 3.63) is 59.7 Å². The van der Waals surface area contributed by atoms with Crippen LogP contribution in [0.5, 0.6) is 0 Å². The Bertz CT molecular complexity index is 896. The number of rotatable bonds is 4. The largest absolute Gasteiger partial charge is 0.349 e. The second-order valence-corrected chi connectivity index (χ2v) is 6.16. The maximum absolute atomic E-state index is 4.37. The summed E-state index contributed by atoms with van der Waals surface area (Å²) in [7, 11) is 5.79. The Hall–Kier alpha value is -2.89. The highest BCUT2D eigenvalue weighted by Gasteiger charge is 2.10. The van der Waals surface area contributed by atoms with E-state index in [0.717, 1.165) is 24.2 Å². The highest BCUT2D eigenvalue weighted by atomic mass is 15.3. The van der Waals surface area contributed by atoms with Crippen LogP contribution < -0.4 is 5.32 Å². The summed E-state index contributed by atoms with van der Waals surface area (Å²) in [6.45, 7) is 3.31. The molecule has 0 aliphatic heterocycles. The highest BCUT2D eigenvalue weighted by Crippen LogP contribution is 2.16. The second kappa shape index (κ2) is 7.34. The van der Waals surface area contributed by atoms with E-state index in [0.29, 0.717) is 6.54 Å². The number of aliphatic imine (C=N–C) groups is 1. The lowest BCUT2D eigenvalue weighted by Crippen LogP contribution is -2.38. The molecule has 0 unspecified atom stereocenters. The molecule has 0 aliphatic rings. The third-order valence-corrected chi connectivity index (χ3v) is 4.39. The number of guanidine groups is 1. The van der Waals surface area contributed by atoms with Crippen LogP contribution in [0, 0.1) is 6.92 Å². The molecule has 0 fully saturated rings. The molecule has 6 heteroatoms. The van der Waals surface area contributed by atoms with Gasteiger partial charge >= 0.3 is 0 Å². The zero-order valence-electron chi connectivity index (χ0n) is 15.2. The highest BCUT2D eigenvalue weighted by molar-refractivity contribution is 5.83. The summed E-state index contributed by atoms with van der Waals surface area (Å²) in [6, 6.07) is 15.0. The number of aryl methyl sites for hydroxylation is 1. The lowest BCUT2D eigenvalue weighted by molar-refractivity contribution is 0.474. The van der Waals surface area contributed by atoms with E-state index in [-0.39, 0.29) is 0 Å². The van der Waals surface area contributed by atoms with Gasteiger partial charge in [-0.3, -0.25) is 4.99 Å². The van der Waals surface area contributed by atoms with Gasteiger partial charge in [0.1, 0.15) is 5.82 Å². The standard InChI is InChI=1S/C19H24N6/c1-14-22-23-18(25(14)4)12-21-19(20-2)24(3)13-15-9-10-16-7-5-6-8-17(16)11-15/h5-11H,12-13H2,1-4H3,(H,20,21). The molecule has 130 valence electrons. The minimum absolute atomic E-state index is 0.589. The first-order chi connectivity index (χ1) is 12.1. The van der Waals surface area contributed by atoms with Crippen molar-refractivity contribution >= 4 is 16.7 Å². The fraction of sp³-hybridized carbons (Fsp3) is 0.316. The van der Waals surface area contributed by atoms with Gasteiger partial charge in [-0.05, 0) is 29.3 Å². The van der Waals surface area contributed by atoms with E-state index in [4.69, 9.17) is 0 Å². The van der Waals surface area contributed by atoms with E-state index in [1.165, 1.54) is 16.3 Å². The molecule has 25 heavy (non-hydrogen) atoms. The number of nitrogens with zero attached hydrogens (tertiary/aromatic N) is 5. The van der Waals surface area contributed by atoms with Crippen LogP contribution >= 0.6 is 0 Å². The average Bonchev–Trinajstić information content (AvgIpc) is 2.94. The predicted octanol–water partition coefficient (Wildman–Crippen LogP) is 2.48. The van der Waals surface area contributed by atoms with Crippen molar-refractivity contribution in [2.24, 2.45) is 12.0 Å². The first-order valence-electron chi connectivity index (χ1n) is 8.33. The van der Waals surface area contributed by atoms with Crippen molar-refractivity contribution in [1.82, 2.24) is 25.0 Å². The van der Waals surface area contributed by atoms with E-state index in [1.807, 2.05) is 25.6 Å². The molecule has 0 atom stereocenters. The molecule has 1 N–H and O–H groups in total. The van der Waals surface area contributed by atoms with Gasteiger partial charge in [0.15, 0.2) is 11.8 Å². The third kappa shape index (κ3) is 3.79. The Morgan fingerprint density at radius 3 is 2.60 bits per heavy atom. The van der Waals surface area contributed by atoms with Gasteiger partial charge < -0.3 is 14.8 Å². The predicted molar refractivity (Wildman–Crippen MR) is 101 cm³/mol. The second-order valence-electron chi connectivity index (χ2n) is 6.16.